The maximum Gasteiger partial charge on any atom is 0.335 e. The Morgan fingerprint density at radius 2 is 1.37 bits per heavy atom. The van der Waals surface area contributed by atoms with Crippen LogP contribution in [0.1, 0.15) is 113 Å². The number of hydrogen-bond acceptors (Lipinski definition) is 11. The van der Waals surface area contributed by atoms with E-state index >= 15 is 0 Å². The third kappa shape index (κ3) is 17.2. The SMILES string of the molecule is CC(=O)O.CSCOC(CC1OCC1C)C1(C)CCC2(O)CCC(C)=C(C(OC(C)=O)C1=O)C2(C)C.NC(=O)c1ccccc1.O=C(O)CCc1ccccc1.O=C(O)c1ccccc1. The number of primary amides is 1. The van der Waals surface area contributed by atoms with E-state index in [-0.39, 0.29) is 30.3 Å². The second-order valence-corrected chi connectivity index (χ2v) is 17.9. The topological polar surface area (TPSA) is 237 Å². The number of Topliss-reactive ketones (excluding diaryl/α,β-unsaturated/α-hetero) is 1. The van der Waals surface area contributed by atoms with Gasteiger partial charge in [-0.2, -0.15) is 0 Å². The molecule has 1 saturated carbocycles. The summed E-state index contributed by atoms with van der Waals surface area (Å²) in [6.07, 6.45) is 4.33. The van der Waals surface area contributed by atoms with E-state index in [0.29, 0.717) is 61.5 Å². The molecule has 0 spiro atoms. The quantitative estimate of drug-likeness (QED) is 0.0654. The van der Waals surface area contributed by atoms with Crippen molar-refractivity contribution < 1.29 is 63.4 Å². The van der Waals surface area contributed by atoms with Gasteiger partial charge in [-0.1, -0.05) is 93.1 Å². The Kier molecular flexibility index (Phi) is 22.8. The number of ketones is 1. The fraction of sp³-hybridized carbons (Fsp3) is 0.480. The molecule has 6 N–H and O–H groups in total. The predicted octanol–water partition coefficient (Wildman–Crippen LogP) is 8.25. The van der Waals surface area contributed by atoms with Crippen LogP contribution in [0, 0.1) is 16.7 Å². The van der Waals surface area contributed by atoms with E-state index in [9.17, 15) is 29.1 Å². The number of amides is 1. The zero-order valence-electron chi connectivity index (χ0n) is 38.8. The molecule has 2 bridgehead atoms. The molecule has 1 amide bonds. The summed E-state index contributed by atoms with van der Waals surface area (Å²) in [7, 11) is 0. The standard InChI is InChI=1S/C25H40O6S.C9H10O2.C7H7NO.C7H6O2.C2H4O2/c1-15-8-9-25(28)11-10-24(6,19(30-14-32-7)12-18-16(2)13-29-18)22(27)21(31-17(3)26)20(15)23(25,4)5;10-9(11)7-6-8-4-2-1-3-5-8;2*8-7(9)6-4-2-1-3-5-6;1-2(3)4/h16,18-19,21,28H,8-14H2,1-7H3;1-5H,6-7H2,(H,10,11);1-5H,(H2,8,9);1-5H,(H,8,9);1H3,(H,3,4). The van der Waals surface area contributed by atoms with Gasteiger partial charge in [-0.05, 0) is 87.6 Å². The second kappa shape index (κ2) is 26.6. The van der Waals surface area contributed by atoms with Gasteiger partial charge in [0.15, 0.2) is 11.9 Å². The van der Waals surface area contributed by atoms with Crippen molar-refractivity contribution in [3.8, 4) is 0 Å². The molecule has 356 valence electrons. The van der Waals surface area contributed by atoms with Crippen molar-refractivity contribution in [2.45, 2.75) is 117 Å². The first kappa shape index (κ1) is 55.8. The molecule has 2 fully saturated rings. The van der Waals surface area contributed by atoms with Crippen LogP contribution in [-0.4, -0.2) is 98.7 Å². The van der Waals surface area contributed by atoms with Crippen LogP contribution >= 0.6 is 11.8 Å². The Bertz CT molecular complexity index is 1990. The van der Waals surface area contributed by atoms with E-state index in [1.54, 1.807) is 66.4 Å². The van der Waals surface area contributed by atoms with E-state index in [1.165, 1.54) is 6.92 Å². The number of aromatic carboxylic acids is 1. The van der Waals surface area contributed by atoms with Gasteiger partial charge >= 0.3 is 17.9 Å². The van der Waals surface area contributed by atoms with Gasteiger partial charge in [0.05, 0.1) is 41.3 Å². The maximum atomic E-state index is 14.2. The summed E-state index contributed by atoms with van der Waals surface area (Å²) in [5, 5.41) is 36.0. The first-order chi connectivity index (χ1) is 30.5. The van der Waals surface area contributed by atoms with Gasteiger partial charge in [0, 0.05) is 43.6 Å². The molecule has 65 heavy (non-hydrogen) atoms. The highest BCUT2D eigenvalue weighted by molar-refractivity contribution is 7.98. The van der Waals surface area contributed by atoms with Gasteiger partial charge in [0.25, 0.3) is 5.97 Å². The number of carboxylic acids is 3. The van der Waals surface area contributed by atoms with Crippen molar-refractivity contribution in [1.82, 2.24) is 0 Å². The molecule has 0 radical (unpaired) electrons. The third-order valence-electron chi connectivity index (χ3n) is 11.9. The average molecular weight is 922 g/mol. The number of rotatable bonds is 12. The summed E-state index contributed by atoms with van der Waals surface area (Å²) in [5.41, 5.74) is 6.16. The largest absolute Gasteiger partial charge is 0.481 e. The zero-order valence-corrected chi connectivity index (χ0v) is 39.6. The molecule has 2 aliphatic carbocycles. The van der Waals surface area contributed by atoms with E-state index in [4.69, 9.17) is 40.1 Å². The minimum atomic E-state index is -1.01. The first-order valence-corrected chi connectivity index (χ1v) is 22.8. The summed E-state index contributed by atoms with van der Waals surface area (Å²) in [6.45, 7) is 13.2. The van der Waals surface area contributed by atoms with Crippen molar-refractivity contribution >= 4 is 47.3 Å². The summed E-state index contributed by atoms with van der Waals surface area (Å²) in [4.78, 5) is 66.2. The minimum absolute atomic E-state index is 0.0454. The Morgan fingerprint density at radius 3 is 1.77 bits per heavy atom. The molecule has 3 aromatic carbocycles. The van der Waals surface area contributed by atoms with E-state index in [2.05, 4.69) is 6.92 Å². The minimum Gasteiger partial charge on any atom is -0.481 e. The lowest BCUT2D eigenvalue weighted by Crippen LogP contribution is -2.59. The number of aryl methyl sites for hydroxylation is 1. The smallest absolute Gasteiger partial charge is 0.335 e. The fourth-order valence-corrected chi connectivity index (χ4v) is 8.21. The van der Waals surface area contributed by atoms with E-state index < -0.39 is 46.4 Å². The highest BCUT2D eigenvalue weighted by atomic mass is 32.2. The monoisotopic (exact) mass is 921 g/mol. The van der Waals surface area contributed by atoms with Gasteiger partial charge in [-0.25, -0.2) is 4.79 Å². The Labute approximate surface area is 386 Å². The lowest BCUT2D eigenvalue weighted by molar-refractivity contribution is -0.175. The van der Waals surface area contributed by atoms with Crippen molar-refractivity contribution in [2.24, 2.45) is 22.5 Å². The Morgan fingerprint density at radius 1 is 0.846 bits per heavy atom. The fourth-order valence-electron chi connectivity index (χ4n) is 7.91. The highest BCUT2D eigenvalue weighted by Crippen LogP contribution is 2.56. The van der Waals surface area contributed by atoms with Crippen LogP contribution in [0.15, 0.2) is 102 Å². The number of esters is 1. The zero-order chi connectivity index (χ0) is 49.0. The molecule has 3 aromatic rings. The summed E-state index contributed by atoms with van der Waals surface area (Å²) < 4.78 is 17.8. The number of allylic oxidation sites excluding steroid dienone is 1. The number of carbonyl (C=O) groups is 6. The molecule has 6 atom stereocenters. The molecule has 0 aromatic heterocycles. The van der Waals surface area contributed by atoms with Crippen LogP contribution in [0.25, 0.3) is 0 Å². The Hall–Kier alpha value is -5.35. The molecule has 14 nitrogen and oxygen atoms in total. The van der Waals surface area contributed by atoms with Crippen molar-refractivity contribution in [2.75, 3.05) is 18.8 Å². The number of carbonyl (C=O) groups excluding carboxylic acids is 3. The molecule has 6 rings (SSSR count). The molecular formula is C50H67NO13S. The van der Waals surface area contributed by atoms with Crippen LogP contribution in [-0.2, 0) is 39.8 Å². The van der Waals surface area contributed by atoms with Gasteiger partial charge in [-0.15, -0.1) is 11.8 Å². The Balaban J connectivity index is 0.000000353. The average Bonchev–Trinajstić information content (AvgIpc) is 3.26. The number of benzene rings is 3. The molecule has 6 unspecified atom stereocenters. The number of ether oxygens (including phenoxy) is 3. The molecule has 1 saturated heterocycles. The van der Waals surface area contributed by atoms with Gasteiger partial charge < -0.3 is 40.4 Å². The van der Waals surface area contributed by atoms with Crippen molar-refractivity contribution in [1.29, 1.82) is 0 Å². The number of aliphatic hydroxyl groups is 1. The molecular weight excluding hydrogens is 855 g/mol. The van der Waals surface area contributed by atoms with Gasteiger partial charge in [0.1, 0.15) is 0 Å². The van der Waals surface area contributed by atoms with Gasteiger partial charge in [-0.3, -0.25) is 24.0 Å². The lowest BCUT2D eigenvalue weighted by atomic mass is 9.54. The summed E-state index contributed by atoms with van der Waals surface area (Å²) >= 11 is 1.57. The van der Waals surface area contributed by atoms with E-state index in [0.717, 1.165) is 30.2 Å². The normalized spacial score (nSPS) is 23.1. The number of aliphatic carboxylic acids is 2. The summed E-state index contributed by atoms with van der Waals surface area (Å²) in [6, 6.07) is 26.7. The lowest BCUT2D eigenvalue weighted by Gasteiger charge is -2.54. The van der Waals surface area contributed by atoms with Crippen molar-refractivity contribution in [3.63, 3.8) is 0 Å². The second-order valence-electron chi connectivity index (χ2n) is 17.1. The van der Waals surface area contributed by atoms with Gasteiger partial charge in [0.2, 0.25) is 5.91 Å². The van der Waals surface area contributed by atoms with E-state index in [1.807, 2.05) is 70.3 Å². The maximum absolute atomic E-state index is 14.2. The third-order valence-corrected chi connectivity index (χ3v) is 12.3. The first-order valence-electron chi connectivity index (χ1n) is 21.4. The number of carboxylic acid groups (broad SMARTS) is 3. The van der Waals surface area contributed by atoms with Crippen LogP contribution in [0.5, 0.6) is 0 Å². The number of hydrogen-bond donors (Lipinski definition) is 5. The van der Waals surface area contributed by atoms with Crippen LogP contribution in [0.2, 0.25) is 0 Å². The van der Waals surface area contributed by atoms with Crippen LogP contribution < -0.4 is 5.73 Å². The summed E-state index contributed by atoms with van der Waals surface area (Å²) in [5.74, 6) is -2.57. The number of fused-ring (bicyclic) bond motifs is 2. The molecule has 1 aliphatic heterocycles. The predicted molar refractivity (Wildman–Crippen MR) is 249 cm³/mol. The van der Waals surface area contributed by atoms with Crippen LogP contribution in [0.4, 0.5) is 0 Å². The number of nitrogens with two attached hydrogens (primary N) is 1. The highest BCUT2D eigenvalue weighted by Gasteiger charge is 2.59. The number of thioether (sulfide) groups is 1. The van der Waals surface area contributed by atoms with Crippen LogP contribution in [0.3, 0.4) is 0 Å². The molecule has 3 aliphatic rings. The molecule has 1 heterocycles. The molecule has 15 heteroatoms. The van der Waals surface area contributed by atoms with Crippen molar-refractivity contribution in [3.05, 3.63) is 119 Å².